The van der Waals surface area contributed by atoms with Crippen molar-refractivity contribution >= 4 is 40.5 Å². The lowest BCUT2D eigenvalue weighted by molar-refractivity contribution is 0.143. The zero-order valence-electron chi connectivity index (χ0n) is 17.8. The lowest BCUT2D eigenvalue weighted by Crippen LogP contribution is -2.46. The summed E-state index contributed by atoms with van der Waals surface area (Å²) < 4.78 is 25.6. The summed E-state index contributed by atoms with van der Waals surface area (Å²) in [7, 11) is 1.65. The van der Waals surface area contributed by atoms with Crippen LogP contribution in [-0.4, -0.2) is 63.7 Å². The zero-order valence-corrected chi connectivity index (χ0v) is 18.6. The van der Waals surface area contributed by atoms with E-state index in [0.717, 1.165) is 24.5 Å². The largest absolute Gasteiger partial charge is 0.497 e. The molecule has 0 spiro atoms. The number of carbonyl (C=O) groups excluding carboxylic acids is 1. The number of nitrogens with one attached hydrogen (secondary N) is 1. The Kier molecular flexibility index (Phi) is 6.50. The fourth-order valence-electron chi connectivity index (χ4n) is 3.99. The molecule has 2 aliphatic rings. The van der Waals surface area contributed by atoms with Crippen molar-refractivity contribution in [3.05, 3.63) is 48.3 Å². The first-order valence-corrected chi connectivity index (χ1v) is 10.8. The predicted octanol–water partition coefficient (Wildman–Crippen LogP) is 2.32. The van der Waals surface area contributed by atoms with Crippen LogP contribution in [0.5, 0.6) is 5.75 Å². The lowest BCUT2D eigenvalue weighted by atomic mass is 10.2. The van der Waals surface area contributed by atoms with Gasteiger partial charge in [-0.25, -0.2) is 9.18 Å². The Bertz CT molecular complexity index is 999. The van der Waals surface area contributed by atoms with E-state index >= 15 is 0 Å². The summed E-state index contributed by atoms with van der Waals surface area (Å²) in [5.74, 6) is 0.450. The number of piperazine rings is 1. The van der Waals surface area contributed by atoms with Gasteiger partial charge in [0.15, 0.2) is 5.11 Å². The van der Waals surface area contributed by atoms with Gasteiger partial charge in [0.25, 0.3) is 0 Å². The number of anilines is 3. The highest BCUT2D eigenvalue weighted by molar-refractivity contribution is 7.80. The molecular weight excluding hydrogens is 433 g/mol. The second kappa shape index (κ2) is 9.47. The number of thiocarbonyl (C=S) groups is 1. The van der Waals surface area contributed by atoms with Gasteiger partial charge in [-0.1, -0.05) is 6.07 Å². The molecule has 2 aromatic rings. The van der Waals surface area contributed by atoms with Crippen molar-refractivity contribution in [1.82, 2.24) is 5.32 Å². The third-order valence-electron chi connectivity index (χ3n) is 5.66. The minimum Gasteiger partial charge on any atom is -0.497 e. The minimum atomic E-state index is -0.515. The monoisotopic (exact) mass is 459 g/mol. The molecule has 0 aliphatic carbocycles. The van der Waals surface area contributed by atoms with E-state index in [1.807, 2.05) is 29.2 Å². The molecule has 10 heteroatoms. The van der Waals surface area contributed by atoms with Crippen LogP contribution in [-0.2, 0) is 4.74 Å². The van der Waals surface area contributed by atoms with Crippen molar-refractivity contribution in [2.24, 2.45) is 5.73 Å². The molecule has 0 saturated carbocycles. The number of hydrogen-bond acceptors (Lipinski definition) is 6. The molecule has 0 aromatic heterocycles. The van der Waals surface area contributed by atoms with Gasteiger partial charge in [0, 0.05) is 37.9 Å². The summed E-state index contributed by atoms with van der Waals surface area (Å²) in [4.78, 5) is 17.9. The van der Waals surface area contributed by atoms with Crippen LogP contribution in [0.1, 0.15) is 0 Å². The summed E-state index contributed by atoms with van der Waals surface area (Å²) in [5.41, 5.74) is 7.49. The van der Waals surface area contributed by atoms with Crippen molar-refractivity contribution in [3.8, 4) is 5.75 Å². The number of hydrogen-bond donors (Lipinski definition) is 2. The fraction of sp³-hybridized carbons (Fsp3) is 0.364. The van der Waals surface area contributed by atoms with Crippen molar-refractivity contribution in [2.75, 3.05) is 61.1 Å². The summed E-state index contributed by atoms with van der Waals surface area (Å²) in [6, 6.07) is 12.8. The van der Waals surface area contributed by atoms with Gasteiger partial charge in [0.05, 0.1) is 31.6 Å². The first kappa shape index (κ1) is 21.9. The average molecular weight is 460 g/mol. The molecule has 8 nitrogen and oxygen atoms in total. The van der Waals surface area contributed by atoms with Gasteiger partial charge in [0.1, 0.15) is 17.7 Å². The standard InChI is InChI=1S/C22H26FN5O3S/c1-30-17-4-2-3-15(11-17)26-7-9-27(10-8-26)20-6-5-16(12-19(20)23)28-14-18(31-22(28)29)13-25-21(24)32/h2-6,11-12,18H,7-10,13-14H2,1H3,(H3,24,25,32)/t18-/m0/s1. The van der Waals surface area contributed by atoms with Gasteiger partial charge in [-0.2, -0.15) is 0 Å². The highest BCUT2D eigenvalue weighted by Crippen LogP contribution is 2.29. The molecular formula is C22H26FN5O3S. The summed E-state index contributed by atoms with van der Waals surface area (Å²) >= 11 is 4.77. The summed E-state index contributed by atoms with van der Waals surface area (Å²) in [5, 5.41) is 2.92. The van der Waals surface area contributed by atoms with Crippen molar-refractivity contribution in [1.29, 1.82) is 0 Å². The van der Waals surface area contributed by atoms with Gasteiger partial charge in [-0.3, -0.25) is 4.90 Å². The van der Waals surface area contributed by atoms with Crippen LogP contribution in [0.2, 0.25) is 0 Å². The van der Waals surface area contributed by atoms with Crippen molar-refractivity contribution < 1.29 is 18.7 Å². The van der Waals surface area contributed by atoms with Gasteiger partial charge < -0.3 is 30.3 Å². The highest BCUT2D eigenvalue weighted by atomic mass is 32.1. The maximum absolute atomic E-state index is 15.0. The molecule has 2 heterocycles. The Morgan fingerprint density at radius 1 is 1.19 bits per heavy atom. The molecule has 0 bridgehead atoms. The van der Waals surface area contributed by atoms with Crippen LogP contribution in [0.3, 0.4) is 0 Å². The molecule has 0 unspecified atom stereocenters. The fourth-order valence-corrected chi connectivity index (χ4v) is 4.07. The van der Waals surface area contributed by atoms with E-state index in [1.54, 1.807) is 19.2 Å². The third-order valence-corrected chi connectivity index (χ3v) is 5.80. The second-order valence-electron chi connectivity index (χ2n) is 7.67. The Morgan fingerprint density at radius 3 is 2.62 bits per heavy atom. The molecule has 3 N–H and O–H groups in total. The molecule has 0 radical (unpaired) electrons. The number of cyclic esters (lactones) is 1. The van der Waals surface area contributed by atoms with E-state index in [4.69, 9.17) is 27.4 Å². The molecule has 2 saturated heterocycles. The lowest BCUT2D eigenvalue weighted by Gasteiger charge is -2.37. The number of rotatable bonds is 6. The number of nitrogens with zero attached hydrogens (tertiary/aromatic N) is 3. The third kappa shape index (κ3) is 4.80. The summed E-state index contributed by atoms with van der Waals surface area (Å²) in [6.07, 6.45) is -0.921. The number of nitrogens with two attached hydrogens (primary N) is 1. The topological polar surface area (TPSA) is 83.3 Å². The Balaban J connectivity index is 1.39. The van der Waals surface area contributed by atoms with E-state index in [1.165, 1.54) is 11.0 Å². The van der Waals surface area contributed by atoms with Gasteiger partial charge in [0.2, 0.25) is 0 Å². The average Bonchev–Trinajstić information content (AvgIpc) is 3.18. The van der Waals surface area contributed by atoms with Crippen LogP contribution >= 0.6 is 12.2 Å². The number of ether oxygens (including phenoxy) is 2. The zero-order chi connectivity index (χ0) is 22.7. The minimum absolute atomic E-state index is 0.140. The maximum atomic E-state index is 15.0. The smallest absolute Gasteiger partial charge is 0.414 e. The van der Waals surface area contributed by atoms with E-state index in [0.29, 0.717) is 37.6 Å². The van der Waals surface area contributed by atoms with Gasteiger partial charge >= 0.3 is 6.09 Å². The molecule has 32 heavy (non-hydrogen) atoms. The van der Waals surface area contributed by atoms with E-state index < -0.39 is 12.2 Å². The normalized spacial score (nSPS) is 18.5. The quantitative estimate of drug-likeness (QED) is 0.637. The van der Waals surface area contributed by atoms with Crippen LogP contribution in [0.25, 0.3) is 0 Å². The van der Waals surface area contributed by atoms with E-state index in [-0.39, 0.29) is 10.9 Å². The molecule has 1 amide bonds. The Labute approximate surface area is 191 Å². The first-order valence-electron chi connectivity index (χ1n) is 10.4. The molecule has 2 aromatic carbocycles. The molecule has 170 valence electrons. The number of benzene rings is 2. The van der Waals surface area contributed by atoms with Crippen LogP contribution < -0.4 is 30.5 Å². The van der Waals surface area contributed by atoms with Crippen LogP contribution in [0, 0.1) is 5.82 Å². The maximum Gasteiger partial charge on any atom is 0.414 e. The molecule has 4 rings (SSSR count). The van der Waals surface area contributed by atoms with Gasteiger partial charge in [-0.15, -0.1) is 0 Å². The first-order chi connectivity index (χ1) is 15.4. The van der Waals surface area contributed by atoms with E-state index in [2.05, 4.69) is 10.2 Å². The molecule has 2 aliphatic heterocycles. The SMILES string of the molecule is COc1cccc(N2CCN(c3ccc(N4C[C@H](CNC(N)=S)OC4=O)cc3F)CC2)c1. The Morgan fingerprint density at radius 2 is 1.94 bits per heavy atom. The number of amides is 1. The number of carbonyl (C=O) groups is 1. The van der Waals surface area contributed by atoms with E-state index in [9.17, 15) is 9.18 Å². The van der Waals surface area contributed by atoms with Gasteiger partial charge in [-0.05, 0) is 42.5 Å². The second-order valence-corrected chi connectivity index (χ2v) is 8.11. The predicted molar refractivity (Wildman–Crippen MR) is 126 cm³/mol. The highest BCUT2D eigenvalue weighted by Gasteiger charge is 2.33. The van der Waals surface area contributed by atoms with Crippen molar-refractivity contribution in [2.45, 2.75) is 6.10 Å². The number of methoxy groups -OCH3 is 1. The summed E-state index contributed by atoms with van der Waals surface area (Å²) in [6.45, 7) is 3.52. The molecule has 2 fully saturated rings. The number of halogens is 1. The van der Waals surface area contributed by atoms with Crippen LogP contribution in [0.15, 0.2) is 42.5 Å². The van der Waals surface area contributed by atoms with Crippen LogP contribution in [0.4, 0.5) is 26.2 Å². The molecule has 1 atom stereocenters. The van der Waals surface area contributed by atoms with Crippen molar-refractivity contribution in [3.63, 3.8) is 0 Å². The Hall–Kier alpha value is -3.27.